The van der Waals surface area contributed by atoms with E-state index < -0.39 is 0 Å². The maximum absolute atomic E-state index is 12.4. The van der Waals surface area contributed by atoms with Gasteiger partial charge in [0.1, 0.15) is 5.75 Å². The second-order valence-corrected chi connectivity index (χ2v) is 9.97. The highest BCUT2D eigenvalue weighted by Gasteiger charge is 2.47. The molecule has 1 N–H and O–H groups in total. The van der Waals surface area contributed by atoms with Crippen LogP contribution in [0.15, 0.2) is 18.2 Å². The molecule has 28 heavy (non-hydrogen) atoms. The van der Waals surface area contributed by atoms with Gasteiger partial charge in [-0.15, -0.1) is 0 Å². The molecule has 2 aliphatic rings. The summed E-state index contributed by atoms with van der Waals surface area (Å²) >= 11 is 0. The van der Waals surface area contributed by atoms with E-state index in [-0.39, 0.29) is 23.8 Å². The predicted molar refractivity (Wildman–Crippen MR) is 113 cm³/mol. The van der Waals surface area contributed by atoms with Crippen molar-refractivity contribution in [3.8, 4) is 5.75 Å². The SMILES string of the molecule is CC[C@H](CO)C(=O)N1CC2(CCC(c3ccc(OC)c(C(C)(C)C)c3)CC2)C1. The normalized spacial score (nSPS) is 20.7. The lowest BCUT2D eigenvalue weighted by Gasteiger charge is -2.54. The minimum absolute atomic E-state index is 0.0332. The lowest BCUT2D eigenvalue weighted by Crippen LogP contribution is -2.60. The Morgan fingerprint density at radius 1 is 1.29 bits per heavy atom. The van der Waals surface area contributed by atoms with Gasteiger partial charge in [0.15, 0.2) is 0 Å². The van der Waals surface area contributed by atoms with Crippen molar-refractivity contribution in [2.75, 3.05) is 26.8 Å². The van der Waals surface area contributed by atoms with Crippen molar-refractivity contribution < 1.29 is 14.6 Å². The fourth-order valence-corrected chi connectivity index (χ4v) is 5.00. The van der Waals surface area contributed by atoms with E-state index >= 15 is 0 Å². The molecule has 0 aromatic heterocycles. The first-order valence-electron chi connectivity index (χ1n) is 10.8. The molecule has 0 unspecified atom stereocenters. The molecule has 1 atom stereocenters. The minimum atomic E-state index is -0.219. The Hall–Kier alpha value is -1.55. The predicted octanol–water partition coefficient (Wildman–Crippen LogP) is 4.50. The third kappa shape index (κ3) is 4.07. The highest BCUT2D eigenvalue weighted by atomic mass is 16.5. The average molecular weight is 388 g/mol. The first-order chi connectivity index (χ1) is 13.2. The number of ether oxygens (including phenoxy) is 1. The number of carbonyl (C=O) groups is 1. The fourth-order valence-electron chi connectivity index (χ4n) is 5.00. The summed E-state index contributed by atoms with van der Waals surface area (Å²) in [5, 5.41) is 9.39. The number of hydrogen-bond donors (Lipinski definition) is 1. The van der Waals surface area contributed by atoms with Gasteiger partial charge in [-0.05, 0) is 60.6 Å². The maximum Gasteiger partial charge on any atom is 0.228 e. The number of hydrogen-bond acceptors (Lipinski definition) is 3. The van der Waals surface area contributed by atoms with Crippen molar-refractivity contribution >= 4 is 5.91 Å². The van der Waals surface area contributed by atoms with Gasteiger partial charge in [0.2, 0.25) is 5.91 Å². The molecule has 1 aliphatic heterocycles. The number of rotatable bonds is 5. The van der Waals surface area contributed by atoms with Gasteiger partial charge in [-0.1, -0.05) is 39.8 Å². The van der Waals surface area contributed by atoms with Crippen molar-refractivity contribution in [3.63, 3.8) is 0 Å². The van der Waals surface area contributed by atoms with Gasteiger partial charge in [-0.2, -0.15) is 0 Å². The van der Waals surface area contributed by atoms with E-state index in [1.807, 2.05) is 11.8 Å². The molecule has 1 aromatic carbocycles. The van der Waals surface area contributed by atoms with Crippen LogP contribution in [0.4, 0.5) is 0 Å². The smallest absolute Gasteiger partial charge is 0.228 e. The molecular weight excluding hydrogens is 350 g/mol. The Balaban J connectivity index is 1.62. The number of amides is 1. The Morgan fingerprint density at radius 3 is 2.43 bits per heavy atom. The molecule has 1 spiro atoms. The number of aliphatic hydroxyl groups excluding tert-OH is 1. The number of aliphatic hydroxyl groups is 1. The van der Waals surface area contributed by atoms with Crippen LogP contribution >= 0.6 is 0 Å². The summed E-state index contributed by atoms with van der Waals surface area (Å²) in [6.45, 7) is 10.4. The number of carbonyl (C=O) groups excluding carboxylic acids is 1. The van der Waals surface area contributed by atoms with Crippen LogP contribution in [0.1, 0.15) is 76.8 Å². The first kappa shape index (κ1) is 21.2. The average Bonchev–Trinajstić information content (AvgIpc) is 2.66. The first-order valence-corrected chi connectivity index (χ1v) is 10.8. The molecule has 4 heteroatoms. The van der Waals surface area contributed by atoms with Gasteiger partial charge in [-0.3, -0.25) is 4.79 Å². The quantitative estimate of drug-likeness (QED) is 0.809. The van der Waals surface area contributed by atoms with Crippen LogP contribution in [0, 0.1) is 11.3 Å². The second-order valence-electron chi connectivity index (χ2n) is 9.97. The van der Waals surface area contributed by atoms with Crippen LogP contribution in [0.5, 0.6) is 5.75 Å². The van der Waals surface area contributed by atoms with Gasteiger partial charge >= 0.3 is 0 Å². The Bertz CT molecular complexity index is 686. The Morgan fingerprint density at radius 2 is 1.93 bits per heavy atom. The van der Waals surface area contributed by atoms with Crippen LogP contribution < -0.4 is 4.74 Å². The number of methoxy groups -OCH3 is 1. The minimum Gasteiger partial charge on any atom is -0.496 e. The standard InChI is InChI=1S/C24H37NO3/c1-6-17(14-26)22(27)25-15-24(16-25)11-9-18(10-12-24)19-7-8-21(28-5)20(13-19)23(2,3)4/h7-8,13,17-18,26H,6,9-12,14-16H2,1-5H3/t17-/m1/s1. The number of benzene rings is 1. The van der Waals surface area contributed by atoms with E-state index in [2.05, 4.69) is 39.0 Å². The molecule has 1 aromatic rings. The van der Waals surface area contributed by atoms with E-state index in [0.29, 0.717) is 17.8 Å². The molecule has 0 bridgehead atoms. The molecule has 1 amide bonds. The lowest BCUT2D eigenvalue weighted by molar-refractivity contribution is -0.151. The number of likely N-dealkylation sites (tertiary alicyclic amines) is 1. The topological polar surface area (TPSA) is 49.8 Å². The molecule has 1 saturated heterocycles. The second kappa shape index (κ2) is 8.06. The highest BCUT2D eigenvalue weighted by molar-refractivity contribution is 5.80. The highest BCUT2D eigenvalue weighted by Crippen LogP contribution is 2.49. The summed E-state index contributed by atoms with van der Waals surface area (Å²) in [5.74, 6) is 1.50. The zero-order chi connectivity index (χ0) is 20.5. The van der Waals surface area contributed by atoms with Crippen LogP contribution in [0.25, 0.3) is 0 Å². The van der Waals surface area contributed by atoms with Gasteiger partial charge in [0.05, 0.1) is 19.6 Å². The van der Waals surface area contributed by atoms with Crippen molar-refractivity contribution in [2.45, 2.75) is 71.1 Å². The van der Waals surface area contributed by atoms with Crippen molar-refractivity contribution in [1.29, 1.82) is 0 Å². The third-order valence-corrected chi connectivity index (χ3v) is 6.98. The van der Waals surface area contributed by atoms with E-state index in [1.165, 1.54) is 36.8 Å². The molecule has 0 radical (unpaired) electrons. The molecule has 1 heterocycles. The summed E-state index contributed by atoms with van der Waals surface area (Å²) in [4.78, 5) is 14.4. The van der Waals surface area contributed by atoms with Crippen LogP contribution in [-0.4, -0.2) is 42.7 Å². The van der Waals surface area contributed by atoms with Gasteiger partial charge in [-0.25, -0.2) is 0 Å². The van der Waals surface area contributed by atoms with Crippen LogP contribution in [0.2, 0.25) is 0 Å². The van der Waals surface area contributed by atoms with E-state index in [4.69, 9.17) is 4.74 Å². The number of nitrogens with zero attached hydrogens (tertiary/aromatic N) is 1. The molecule has 2 fully saturated rings. The van der Waals surface area contributed by atoms with Crippen molar-refractivity contribution in [2.24, 2.45) is 11.3 Å². The van der Waals surface area contributed by atoms with Crippen molar-refractivity contribution in [3.05, 3.63) is 29.3 Å². The summed E-state index contributed by atoms with van der Waals surface area (Å²) in [5.41, 5.74) is 3.09. The summed E-state index contributed by atoms with van der Waals surface area (Å²) < 4.78 is 5.59. The largest absolute Gasteiger partial charge is 0.496 e. The van der Waals surface area contributed by atoms with E-state index in [9.17, 15) is 9.90 Å². The summed E-state index contributed by atoms with van der Waals surface area (Å²) in [6.07, 6.45) is 5.47. The third-order valence-electron chi connectivity index (χ3n) is 6.98. The molecule has 1 saturated carbocycles. The molecule has 3 rings (SSSR count). The fraction of sp³-hybridized carbons (Fsp3) is 0.708. The van der Waals surface area contributed by atoms with Crippen LogP contribution in [-0.2, 0) is 10.2 Å². The summed E-state index contributed by atoms with van der Waals surface area (Å²) in [7, 11) is 1.75. The molecule has 1 aliphatic carbocycles. The van der Waals surface area contributed by atoms with Gasteiger partial charge in [0.25, 0.3) is 0 Å². The Labute approximate surface area is 170 Å². The van der Waals surface area contributed by atoms with E-state index in [0.717, 1.165) is 18.8 Å². The molecule has 156 valence electrons. The Kier molecular flexibility index (Phi) is 6.09. The summed E-state index contributed by atoms with van der Waals surface area (Å²) in [6, 6.07) is 6.72. The van der Waals surface area contributed by atoms with Crippen LogP contribution in [0.3, 0.4) is 0 Å². The van der Waals surface area contributed by atoms with Gasteiger partial charge < -0.3 is 14.7 Å². The maximum atomic E-state index is 12.4. The monoisotopic (exact) mass is 387 g/mol. The lowest BCUT2D eigenvalue weighted by atomic mass is 9.64. The van der Waals surface area contributed by atoms with E-state index in [1.54, 1.807) is 7.11 Å². The zero-order valence-electron chi connectivity index (χ0n) is 18.3. The zero-order valence-corrected chi connectivity index (χ0v) is 18.3. The van der Waals surface area contributed by atoms with Crippen molar-refractivity contribution in [1.82, 2.24) is 4.90 Å². The molecule has 4 nitrogen and oxygen atoms in total. The van der Waals surface area contributed by atoms with Gasteiger partial charge in [0, 0.05) is 18.5 Å². The molecular formula is C24H37NO3.